The van der Waals surface area contributed by atoms with Gasteiger partial charge < -0.3 is 9.47 Å². The summed E-state index contributed by atoms with van der Waals surface area (Å²) in [6, 6.07) is 5.89. The van der Waals surface area contributed by atoms with Gasteiger partial charge in [0.1, 0.15) is 11.6 Å². The molecule has 0 fully saturated rings. The normalized spacial score (nSPS) is 16.0. The van der Waals surface area contributed by atoms with Crippen molar-refractivity contribution in [1.82, 2.24) is 9.71 Å². The molecule has 0 saturated heterocycles. The van der Waals surface area contributed by atoms with E-state index in [9.17, 15) is 12.8 Å². The molecule has 9 heteroatoms. The molecule has 4 rings (SSSR count). The van der Waals surface area contributed by atoms with Crippen molar-refractivity contribution in [3.8, 4) is 5.75 Å². The molecule has 130 valence electrons. The molecule has 7 nitrogen and oxygen atoms in total. The first kappa shape index (κ1) is 16.1. The van der Waals surface area contributed by atoms with Crippen molar-refractivity contribution < 1.29 is 22.3 Å². The third kappa shape index (κ3) is 3.01. The summed E-state index contributed by atoms with van der Waals surface area (Å²) in [7, 11) is -3.86. The van der Waals surface area contributed by atoms with Crippen LogP contribution in [0.2, 0.25) is 0 Å². The number of hydrogen-bond acceptors (Lipinski definition) is 6. The molecular formula is C16H14FN3O4S. The summed E-state index contributed by atoms with van der Waals surface area (Å²) in [6.45, 7) is 0.377. The quantitative estimate of drug-likeness (QED) is 0.892. The van der Waals surface area contributed by atoms with E-state index >= 15 is 0 Å². The molecule has 0 aliphatic carbocycles. The number of hydrogen-bond donors (Lipinski definition) is 1. The Labute approximate surface area is 143 Å². The van der Waals surface area contributed by atoms with Crippen LogP contribution in [0.4, 0.5) is 4.39 Å². The standard InChI is InChI=1S/C16H14FN3O4S/c17-12-4-10(15-11(5-12)8-23-9-24-15)6-20-25(21,22)16-13-2-1-3-18-14(13)7-19-16/h1-5,20H,6-9H2. The Morgan fingerprint density at radius 2 is 2.20 bits per heavy atom. The molecule has 0 spiro atoms. The number of aromatic nitrogens is 1. The maximum absolute atomic E-state index is 13.8. The van der Waals surface area contributed by atoms with Crippen LogP contribution in [0.1, 0.15) is 22.4 Å². The summed E-state index contributed by atoms with van der Waals surface area (Å²) < 4.78 is 51.9. The van der Waals surface area contributed by atoms with Crippen LogP contribution >= 0.6 is 0 Å². The second-order valence-corrected chi connectivity index (χ2v) is 7.29. The summed E-state index contributed by atoms with van der Waals surface area (Å²) in [5, 5.41) is -0.0508. The minimum Gasteiger partial charge on any atom is -0.467 e. The van der Waals surface area contributed by atoms with E-state index < -0.39 is 15.8 Å². The second kappa shape index (κ2) is 6.17. The summed E-state index contributed by atoms with van der Waals surface area (Å²) in [6.07, 6.45) is 1.59. The minimum absolute atomic E-state index is 0.0458. The van der Waals surface area contributed by atoms with Crippen LogP contribution in [-0.2, 0) is 34.5 Å². The Morgan fingerprint density at radius 3 is 3.08 bits per heavy atom. The third-order valence-corrected chi connectivity index (χ3v) is 5.33. The zero-order chi connectivity index (χ0) is 17.4. The van der Waals surface area contributed by atoms with E-state index in [0.29, 0.717) is 28.1 Å². The molecule has 25 heavy (non-hydrogen) atoms. The van der Waals surface area contributed by atoms with Gasteiger partial charge in [-0.1, -0.05) is 0 Å². The van der Waals surface area contributed by atoms with E-state index in [-0.39, 0.29) is 31.5 Å². The summed E-state index contributed by atoms with van der Waals surface area (Å²) in [5.74, 6) is -0.0272. The van der Waals surface area contributed by atoms with E-state index in [1.165, 1.54) is 12.1 Å². The van der Waals surface area contributed by atoms with Crippen LogP contribution in [0.15, 0.2) is 35.5 Å². The first-order valence-corrected chi connectivity index (χ1v) is 9.03. The number of pyridine rings is 1. The van der Waals surface area contributed by atoms with Crippen molar-refractivity contribution in [2.75, 3.05) is 6.79 Å². The van der Waals surface area contributed by atoms with Crippen molar-refractivity contribution in [2.24, 2.45) is 4.99 Å². The van der Waals surface area contributed by atoms with Gasteiger partial charge in [0.2, 0.25) is 0 Å². The van der Waals surface area contributed by atoms with Crippen LogP contribution < -0.4 is 9.46 Å². The van der Waals surface area contributed by atoms with Crippen molar-refractivity contribution in [3.63, 3.8) is 0 Å². The van der Waals surface area contributed by atoms with E-state index in [1.807, 2.05) is 0 Å². The van der Waals surface area contributed by atoms with Gasteiger partial charge in [-0.2, -0.15) is 0 Å². The van der Waals surface area contributed by atoms with Crippen molar-refractivity contribution >= 4 is 15.1 Å². The van der Waals surface area contributed by atoms with E-state index in [4.69, 9.17) is 9.47 Å². The van der Waals surface area contributed by atoms with E-state index in [1.54, 1.807) is 18.3 Å². The molecule has 2 aliphatic heterocycles. The lowest BCUT2D eigenvalue weighted by Crippen LogP contribution is -2.31. The lowest BCUT2D eigenvalue weighted by molar-refractivity contribution is -0.0172. The molecule has 0 amide bonds. The number of ether oxygens (including phenoxy) is 2. The fraction of sp³-hybridized carbons (Fsp3) is 0.250. The van der Waals surface area contributed by atoms with Gasteiger partial charge in [0.05, 0.1) is 18.8 Å². The van der Waals surface area contributed by atoms with Crippen LogP contribution in [0.3, 0.4) is 0 Å². The topological polar surface area (TPSA) is 89.9 Å². The molecular weight excluding hydrogens is 349 g/mol. The van der Waals surface area contributed by atoms with Crippen LogP contribution in [0, 0.1) is 5.82 Å². The van der Waals surface area contributed by atoms with Crippen molar-refractivity contribution in [2.45, 2.75) is 19.7 Å². The molecule has 1 N–H and O–H groups in total. The van der Waals surface area contributed by atoms with Crippen LogP contribution in [0.5, 0.6) is 5.75 Å². The maximum atomic E-state index is 13.8. The molecule has 0 unspecified atom stereocenters. The largest absolute Gasteiger partial charge is 0.467 e. The molecule has 0 bridgehead atoms. The fourth-order valence-electron chi connectivity index (χ4n) is 2.85. The Morgan fingerprint density at radius 1 is 1.32 bits per heavy atom. The molecule has 0 saturated carbocycles. The number of sulfonamides is 1. The average Bonchev–Trinajstić information content (AvgIpc) is 3.04. The first-order chi connectivity index (χ1) is 12.0. The zero-order valence-corrected chi connectivity index (χ0v) is 13.8. The number of halogens is 1. The van der Waals surface area contributed by atoms with Crippen molar-refractivity contribution in [1.29, 1.82) is 0 Å². The van der Waals surface area contributed by atoms with Gasteiger partial charge in [0.25, 0.3) is 10.0 Å². The summed E-state index contributed by atoms with van der Waals surface area (Å²) in [4.78, 5) is 8.19. The monoisotopic (exact) mass is 363 g/mol. The Kier molecular flexibility index (Phi) is 3.98. The lowest BCUT2D eigenvalue weighted by atomic mass is 10.1. The van der Waals surface area contributed by atoms with Gasteiger partial charge in [-0.3, -0.25) is 9.98 Å². The Bertz CT molecular complexity index is 975. The highest BCUT2D eigenvalue weighted by molar-refractivity contribution is 8.05. The number of nitrogens with zero attached hydrogens (tertiary/aromatic N) is 2. The number of rotatable bonds is 3. The maximum Gasteiger partial charge on any atom is 0.258 e. The SMILES string of the molecule is O=S(=O)(NCc1cc(F)cc2c1OCOC2)C1=NCc2ncccc21. The first-order valence-electron chi connectivity index (χ1n) is 7.55. The Hall–Kier alpha value is -2.36. The van der Waals surface area contributed by atoms with Crippen molar-refractivity contribution in [3.05, 3.63) is 58.7 Å². The Balaban J connectivity index is 1.59. The molecule has 1 aromatic carbocycles. The highest BCUT2D eigenvalue weighted by atomic mass is 32.2. The van der Waals surface area contributed by atoms with Gasteiger partial charge in [-0.25, -0.2) is 17.5 Å². The van der Waals surface area contributed by atoms with E-state index in [0.717, 1.165) is 0 Å². The molecule has 2 aliphatic rings. The van der Waals surface area contributed by atoms with Crippen LogP contribution in [0.25, 0.3) is 0 Å². The second-order valence-electron chi connectivity index (χ2n) is 5.61. The highest BCUT2D eigenvalue weighted by Gasteiger charge is 2.28. The predicted molar refractivity (Wildman–Crippen MR) is 86.9 cm³/mol. The van der Waals surface area contributed by atoms with Gasteiger partial charge in [-0.15, -0.1) is 0 Å². The molecule has 1 aromatic heterocycles. The fourth-order valence-corrected chi connectivity index (χ4v) is 4.04. The minimum atomic E-state index is -3.86. The number of nitrogens with one attached hydrogen (secondary N) is 1. The number of aliphatic imine (C=N–C) groups is 1. The van der Waals surface area contributed by atoms with Gasteiger partial charge in [0, 0.05) is 29.4 Å². The predicted octanol–water partition coefficient (Wildman–Crippen LogP) is 1.47. The molecule has 0 radical (unpaired) electrons. The van der Waals surface area contributed by atoms with Crippen LogP contribution in [-0.4, -0.2) is 25.2 Å². The summed E-state index contributed by atoms with van der Waals surface area (Å²) in [5.41, 5.74) is 2.06. The third-order valence-electron chi connectivity index (χ3n) is 3.95. The van der Waals surface area contributed by atoms with Gasteiger partial charge in [-0.05, 0) is 24.3 Å². The average molecular weight is 363 g/mol. The molecule has 2 aromatic rings. The molecule has 3 heterocycles. The van der Waals surface area contributed by atoms with Gasteiger partial charge >= 0.3 is 0 Å². The zero-order valence-electron chi connectivity index (χ0n) is 13.0. The van der Waals surface area contributed by atoms with E-state index in [2.05, 4.69) is 14.7 Å². The summed E-state index contributed by atoms with van der Waals surface area (Å²) >= 11 is 0. The molecule has 0 atom stereocenters. The lowest BCUT2D eigenvalue weighted by Gasteiger charge is -2.21. The number of fused-ring (bicyclic) bond motifs is 2. The number of benzene rings is 1. The smallest absolute Gasteiger partial charge is 0.258 e. The van der Waals surface area contributed by atoms with Gasteiger partial charge in [0.15, 0.2) is 11.8 Å². The highest BCUT2D eigenvalue weighted by Crippen LogP contribution is 2.29.